The maximum atomic E-state index is 10.5. The summed E-state index contributed by atoms with van der Waals surface area (Å²) in [4.78, 5) is 10.5. The van der Waals surface area contributed by atoms with Crippen LogP contribution in [0.4, 0.5) is 4.79 Å². The quantitative estimate of drug-likeness (QED) is 0.452. The predicted molar refractivity (Wildman–Crippen MR) is 32.5 cm³/mol. The highest BCUT2D eigenvalue weighted by molar-refractivity contribution is 6.34. The zero-order valence-corrected chi connectivity index (χ0v) is 6.30. The van der Waals surface area contributed by atoms with E-state index in [4.69, 9.17) is 0 Å². The molecule has 0 bridgehead atoms. The minimum atomic E-state index is -0.298. The van der Waals surface area contributed by atoms with Crippen molar-refractivity contribution >= 4 is 15.8 Å². The highest BCUT2D eigenvalue weighted by atomic mass is 28.2. The Morgan fingerprint density at radius 3 is 2.88 bits per heavy atom. The van der Waals surface area contributed by atoms with Gasteiger partial charge in [-0.2, -0.15) is 0 Å². The Labute approximate surface area is 50.5 Å². The summed E-state index contributed by atoms with van der Waals surface area (Å²) >= 11 is 0. The highest BCUT2D eigenvalue weighted by Gasteiger charge is 2.18. The van der Waals surface area contributed by atoms with Gasteiger partial charge in [0.2, 0.25) is 0 Å². The van der Waals surface area contributed by atoms with Gasteiger partial charge in [0.05, 0.1) is 0 Å². The van der Waals surface area contributed by atoms with Gasteiger partial charge >= 0.3 is 6.09 Å². The summed E-state index contributed by atoms with van der Waals surface area (Å²) in [5, 5.41) is 0. The molecule has 1 fully saturated rings. The summed E-state index contributed by atoms with van der Waals surface area (Å²) in [7, 11) is -0.298. The largest absolute Gasteiger partial charge is 0.448 e. The fraction of sp³-hybridized carbons (Fsp3) is 0.750. The van der Waals surface area contributed by atoms with E-state index < -0.39 is 0 Å². The van der Waals surface area contributed by atoms with Gasteiger partial charge in [-0.1, -0.05) is 6.55 Å². The second-order valence-corrected chi connectivity index (χ2v) is 3.09. The van der Waals surface area contributed by atoms with E-state index in [0.717, 1.165) is 6.54 Å². The van der Waals surface area contributed by atoms with Gasteiger partial charge in [-0.05, 0) is 0 Å². The van der Waals surface area contributed by atoms with Crippen molar-refractivity contribution < 1.29 is 9.53 Å². The van der Waals surface area contributed by atoms with Crippen molar-refractivity contribution in [2.24, 2.45) is 0 Å². The van der Waals surface area contributed by atoms with Crippen LogP contribution in [0.3, 0.4) is 0 Å². The van der Waals surface area contributed by atoms with Crippen LogP contribution in [0, 0.1) is 0 Å². The van der Waals surface area contributed by atoms with Gasteiger partial charge in [0.15, 0.2) is 0 Å². The number of amides is 1. The molecule has 0 spiro atoms. The minimum Gasteiger partial charge on any atom is -0.448 e. The van der Waals surface area contributed by atoms with Gasteiger partial charge in [-0.15, -0.1) is 0 Å². The van der Waals surface area contributed by atoms with Crippen LogP contribution in [-0.2, 0) is 4.74 Å². The van der Waals surface area contributed by atoms with Crippen molar-refractivity contribution in [1.29, 1.82) is 0 Å². The van der Waals surface area contributed by atoms with E-state index in [9.17, 15) is 4.79 Å². The molecule has 3 nitrogen and oxygen atoms in total. The van der Waals surface area contributed by atoms with Crippen LogP contribution in [0.1, 0.15) is 0 Å². The molecular weight excluding hydrogens is 122 g/mol. The smallest absolute Gasteiger partial charge is 0.401 e. The van der Waals surface area contributed by atoms with E-state index in [2.05, 4.69) is 11.3 Å². The Kier molecular flexibility index (Phi) is 1.52. The number of hydrogen-bond acceptors (Lipinski definition) is 2. The Bertz CT molecular complexity index is 106. The lowest BCUT2D eigenvalue weighted by Gasteiger charge is -2.05. The van der Waals surface area contributed by atoms with E-state index in [-0.39, 0.29) is 15.8 Å². The second-order valence-electron chi connectivity index (χ2n) is 1.69. The Morgan fingerprint density at radius 2 is 2.62 bits per heavy atom. The fourth-order valence-electron chi connectivity index (χ4n) is 0.713. The Morgan fingerprint density at radius 1 is 1.88 bits per heavy atom. The average molecular weight is 131 g/mol. The lowest BCUT2D eigenvalue weighted by atomic mass is 10.7. The minimum absolute atomic E-state index is 0.112. The van der Waals surface area contributed by atoms with Crippen LogP contribution in [0.5, 0.6) is 0 Å². The number of carbonyl (C=O) groups is 1. The molecule has 0 atom stereocenters. The zero-order valence-electron chi connectivity index (χ0n) is 4.89. The van der Waals surface area contributed by atoms with E-state index in [1.165, 1.54) is 0 Å². The number of nitrogens with zero attached hydrogens (tertiary/aromatic N) is 1. The highest BCUT2D eigenvalue weighted by Crippen LogP contribution is 1.99. The van der Waals surface area contributed by atoms with E-state index >= 15 is 0 Å². The summed E-state index contributed by atoms with van der Waals surface area (Å²) < 4.78 is 6.48. The molecule has 46 valence electrons. The predicted octanol–water partition coefficient (Wildman–Crippen LogP) is -0.429. The normalized spacial score (nSPS) is 20.6. The van der Waals surface area contributed by atoms with Crippen LogP contribution in [0.25, 0.3) is 0 Å². The SMILES string of the molecule is C[SiH2]N1CCOC1=O. The van der Waals surface area contributed by atoms with E-state index in [0.29, 0.717) is 6.61 Å². The number of rotatable bonds is 1. The van der Waals surface area contributed by atoms with Crippen molar-refractivity contribution in [3.63, 3.8) is 0 Å². The van der Waals surface area contributed by atoms with Crippen LogP contribution in [0.2, 0.25) is 6.55 Å². The number of ether oxygens (including phenoxy) is 1. The third-order valence-electron chi connectivity index (χ3n) is 1.23. The number of hydrogen-bond donors (Lipinski definition) is 0. The molecule has 1 rings (SSSR count). The standard InChI is InChI=1S/C4H9NO2Si/c1-8-5-2-3-7-4(5)6/h2-3,8H2,1H3. The number of carbonyl (C=O) groups excluding carboxylic acids is 1. The molecule has 0 aliphatic carbocycles. The molecule has 1 heterocycles. The van der Waals surface area contributed by atoms with Crippen molar-refractivity contribution in [3.05, 3.63) is 0 Å². The maximum Gasteiger partial charge on any atom is 0.401 e. The van der Waals surface area contributed by atoms with Gasteiger partial charge in [-0.3, -0.25) is 0 Å². The molecule has 0 radical (unpaired) electrons. The average Bonchev–Trinajstić information content (AvgIpc) is 2.14. The van der Waals surface area contributed by atoms with Gasteiger partial charge in [-0.25, -0.2) is 4.79 Å². The van der Waals surface area contributed by atoms with Crippen LogP contribution < -0.4 is 0 Å². The second kappa shape index (κ2) is 2.17. The lowest BCUT2D eigenvalue weighted by Crippen LogP contribution is -2.25. The summed E-state index contributed by atoms with van der Waals surface area (Å²) in [6.45, 7) is 3.49. The summed E-state index contributed by atoms with van der Waals surface area (Å²) in [6, 6.07) is 0. The first-order valence-corrected chi connectivity index (χ1v) is 4.81. The summed E-state index contributed by atoms with van der Waals surface area (Å²) in [5.41, 5.74) is 0. The van der Waals surface area contributed by atoms with Crippen molar-refractivity contribution in [3.8, 4) is 0 Å². The van der Waals surface area contributed by atoms with Crippen LogP contribution in [0.15, 0.2) is 0 Å². The van der Waals surface area contributed by atoms with Gasteiger partial charge in [0, 0.05) is 6.54 Å². The molecule has 0 saturated carbocycles. The molecule has 8 heavy (non-hydrogen) atoms. The Hall–Kier alpha value is -0.513. The molecule has 0 aromatic rings. The molecule has 0 aromatic carbocycles. The van der Waals surface area contributed by atoms with Gasteiger partial charge in [0.1, 0.15) is 16.3 Å². The molecule has 0 N–H and O–H groups in total. The van der Waals surface area contributed by atoms with E-state index in [1.54, 1.807) is 4.57 Å². The van der Waals surface area contributed by atoms with Gasteiger partial charge < -0.3 is 9.30 Å². The van der Waals surface area contributed by atoms with Gasteiger partial charge in [0.25, 0.3) is 0 Å². The Balaban J connectivity index is 2.42. The molecule has 1 aliphatic heterocycles. The first kappa shape index (κ1) is 5.62. The zero-order chi connectivity index (χ0) is 5.98. The first-order valence-electron chi connectivity index (χ1n) is 2.76. The molecular formula is C4H9NO2Si. The van der Waals surface area contributed by atoms with E-state index in [1.807, 2.05) is 0 Å². The third-order valence-corrected chi connectivity index (χ3v) is 2.56. The first-order chi connectivity index (χ1) is 3.84. The van der Waals surface area contributed by atoms with Crippen molar-refractivity contribution in [2.45, 2.75) is 6.55 Å². The third kappa shape index (κ3) is 0.837. The van der Waals surface area contributed by atoms with Crippen LogP contribution >= 0.6 is 0 Å². The molecule has 0 unspecified atom stereocenters. The van der Waals surface area contributed by atoms with Crippen molar-refractivity contribution in [1.82, 2.24) is 4.57 Å². The summed E-state index contributed by atoms with van der Waals surface area (Å²) in [5.74, 6) is 0. The fourth-order valence-corrected chi connectivity index (χ4v) is 1.51. The number of cyclic esters (lactones) is 1. The molecule has 4 heteroatoms. The molecule has 1 aliphatic rings. The topological polar surface area (TPSA) is 29.5 Å². The lowest BCUT2D eigenvalue weighted by molar-refractivity contribution is 0.170. The van der Waals surface area contributed by atoms with Crippen LogP contribution in [-0.4, -0.2) is 33.5 Å². The molecule has 0 aromatic heterocycles. The molecule has 1 amide bonds. The summed E-state index contributed by atoms with van der Waals surface area (Å²) in [6.07, 6.45) is -0.112. The molecule has 1 saturated heterocycles. The monoisotopic (exact) mass is 131 g/mol. The maximum absolute atomic E-state index is 10.5. The van der Waals surface area contributed by atoms with Crippen molar-refractivity contribution in [2.75, 3.05) is 13.2 Å².